The van der Waals surface area contributed by atoms with Gasteiger partial charge in [-0.1, -0.05) is 0 Å². The summed E-state index contributed by atoms with van der Waals surface area (Å²) in [6.07, 6.45) is 0. The van der Waals surface area contributed by atoms with Gasteiger partial charge in [0.2, 0.25) is 0 Å². The average Bonchev–Trinajstić information content (AvgIpc) is 3.12. The summed E-state index contributed by atoms with van der Waals surface area (Å²) in [6, 6.07) is 5.17. The van der Waals surface area contributed by atoms with Gasteiger partial charge in [0.15, 0.2) is 5.82 Å². The number of thiazole rings is 1. The van der Waals surface area contributed by atoms with Gasteiger partial charge in [0.05, 0.1) is 22.9 Å². The molecule has 28 heavy (non-hydrogen) atoms. The predicted molar refractivity (Wildman–Crippen MR) is 106 cm³/mol. The fraction of sp³-hybridized carbons (Fsp3) is 0.421. The summed E-state index contributed by atoms with van der Waals surface area (Å²) >= 11 is 1.43. The number of rotatable bonds is 4. The summed E-state index contributed by atoms with van der Waals surface area (Å²) in [6.45, 7) is 9.36. The minimum absolute atomic E-state index is 0.0241. The largest absolute Gasteiger partial charge is 0.337 e. The Kier molecular flexibility index (Phi) is 4.62. The smallest absolute Gasteiger partial charge is 0.266 e. The summed E-state index contributed by atoms with van der Waals surface area (Å²) in [4.78, 5) is 31.7. The van der Waals surface area contributed by atoms with Crippen molar-refractivity contribution in [3.8, 4) is 5.82 Å². The molecule has 0 aliphatic carbocycles. The molecule has 1 saturated heterocycles. The summed E-state index contributed by atoms with van der Waals surface area (Å²) in [5.41, 5.74) is 2.50. The van der Waals surface area contributed by atoms with E-state index in [9.17, 15) is 9.59 Å². The van der Waals surface area contributed by atoms with Gasteiger partial charge in [-0.2, -0.15) is 5.10 Å². The molecule has 0 unspecified atom stereocenters. The first-order valence-corrected chi connectivity index (χ1v) is 9.98. The molecule has 0 bridgehead atoms. The second-order valence-electron chi connectivity index (χ2n) is 7.27. The van der Waals surface area contributed by atoms with Crippen LogP contribution in [-0.4, -0.2) is 48.4 Å². The average molecular weight is 398 g/mol. The molecule has 0 N–H and O–H groups in total. The van der Waals surface area contributed by atoms with Gasteiger partial charge in [0, 0.05) is 30.8 Å². The highest BCUT2D eigenvalue weighted by molar-refractivity contribution is 7.13. The number of amides is 1. The molecule has 1 aliphatic heterocycles. The van der Waals surface area contributed by atoms with E-state index in [4.69, 9.17) is 0 Å². The van der Waals surface area contributed by atoms with E-state index in [1.165, 1.54) is 22.1 Å². The highest BCUT2D eigenvalue weighted by Crippen LogP contribution is 2.24. The standard InChI is InChI=1S/C19H22N6O2S/c1-11-7-12(2)25(21-11)16-5-6-17(26)24(22-16)10-15-8-23(9-15)19(27)18-13(3)20-14(4)28-18/h5-7,15H,8-10H2,1-4H3. The van der Waals surface area contributed by atoms with Gasteiger partial charge in [-0.15, -0.1) is 16.4 Å². The topological polar surface area (TPSA) is 85.9 Å². The van der Waals surface area contributed by atoms with E-state index in [0.717, 1.165) is 22.1 Å². The van der Waals surface area contributed by atoms with Gasteiger partial charge in [-0.3, -0.25) is 9.59 Å². The number of aromatic nitrogens is 5. The van der Waals surface area contributed by atoms with Gasteiger partial charge >= 0.3 is 0 Å². The molecule has 3 aromatic heterocycles. The van der Waals surface area contributed by atoms with Crippen LogP contribution in [-0.2, 0) is 6.54 Å². The van der Waals surface area contributed by atoms with Crippen molar-refractivity contribution >= 4 is 17.2 Å². The van der Waals surface area contributed by atoms with Crippen LogP contribution in [0.15, 0.2) is 23.0 Å². The second kappa shape index (κ2) is 6.97. The van der Waals surface area contributed by atoms with Crippen molar-refractivity contribution in [2.75, 3.05) is 13.1 Å². The van der Waals surface area contributed by atoms with Crippen molar-refractivity contribution in [2.24, 2.45) is 5.92 Å². The summed E-state index contributed by atoms with van der Waals surface area (Å²) in [5, 5.41) is 9.80. The van der Waals surface area contributed by atoms with Crippen molar-refractivity contribution in [3.63, 3.8) is 0 Å². The van der Waals surface area contributed by atoms with Crippen LogP contribution in [0.5, 0.6) is 0 Å². The first kappa shape index (κ1) is 18.5. The molecule has 1 aliphatic rings. The second-order valence-corrected chi connectivity index (χ2v) is 8.48. The van der Waals surface area contributed by atoms with Crippen LogP contribution in [0.25, 0.3) is 5.82 Å². The molecule has 1 fully saturated rings. The number of hydrogen-bond acceptors (Lipinski definition) is 6. The molecular formula is C19H22N6O2S. The van der Waals surface area contributed by atoms with E-state index in [0.29, 0.717) is 30.3 Å². The summed E-state index contributed by atoms with van der Waals surface area (Å²) in [7, 11) is 0. The fourth-order valence-corrected chi connectivity index (χ4v) is 4.40. The lowest BCUT2D eigenvalue weighted by molar-refractivity contribution is 0.0462. The van der Waals surface area contributed by atoms with E-state index in [2.05, 4.69) is 15.2 Å². The van der Waals surface area contributed by atoms with Gasteiger partial charge in [-0.25, -0.2) is 14.3 Å². The maximum Gasteiger partial charge on any atom is 0.266 e. The highest BCUT2D eigenvalue weighted by Gasteiger charge is 2.33. The zero-order valence-electron chi connectivity index (χ0n) is 16.3. The monoisotopic (exact) mass is 398 g/mol. The van der Waals surface area contributed by atoms with E-state index >= 15 is 0 Å². The minimum atomic E-state index is -0.149. The Morgan fingerprint density at radius 2 is 1.93 bits per heavy atom. The van der Waals surface area contributed by atoms with E-state index in [1.54, 1.807) is 15.6 Å². The quantitative estimate of drug-likeness (QED) is 0.670. The Balaban J connectivity index is 1.45. The van der Waals surface area contributed by atoms with E-state index < -0.39 is 0 Å². The number of carbonyl (C=O) groups is 1. The van der Waals surface area contributed by atoms with Crippen LogP contribution in [0.2, 0.25) is 0 Å². The summed E-state index contributed by atoms with van der Waals surface area (Å²) in [5.74, 6) is 0.850. The minimum Gasteiger partial charge on any atom is -0.337 e. The van der Waals surface area contributed by atoms with Crippen LogP contribution in [0, 0.1) is 33.6 Å². The normalized spacial score (nSPS) is 14.4. The third-order valence-electron chi connectivity index (χ3n) is 4.85. The van der Waals surface area contributed by atoms with E-state index in [1.807, 2.05) is 33.8 Å². The molecule has 0 spiro atoms. The number of nitrogens with zero attached hydrogens (tertiary/aromatic N) is 6. The molecule has 4 heterocycles. The Hall–Kier alpha value is -2.81. The van der Waals surface area contributed by atoms with Crippen LogP contribution in [0.1, 0.15) is 31.8 Å². The number of hydrogen-bond donors (Lipinski definition) is 0. The predicted octanol–water partition coefficient (Wildman–Crippen LogP) is 1.89. The van der Waals surface area contributed by atoms with E-state index in [-0.39, 0.29) is 17.4 Å². The van der Waals surface area contributed by atoms with Crippen LogP contribution >= 0.6 is 11.3 Å². The molecule has 0 aromatic carbocycles. The van der Waals surface area contributed by atoms with Gasteiger partial charge in [0.1, 0.15) is 4.88 Å². The Morgan fingerprint density at radius 3 is 2.54 bits per heavy atom. The maximum atomic E-state index is 12.6. The third kappa shape index (κ3) is 3.37. The van der Waals surface area contributed by atoms with Gasteiger partial charge in [-0.05, 0) is 39.8 Å². The molecule has 8 nitrogen and oxygen atoms in total. The van der Waals surface area contributed by atoms with Gasteiger partial charge < -0.3 is 4.90 Å². The first-order valence-electron chi connectivity index (χ1n) is 9.17. The molecular weight excluding hydrogens is 376 g/mol. The maximum absolute atomic E-state index is 12.6. The molecule has 9 heteroatoms. The molecule has 0 saturated carbocycles. The zero-order valence-corrected chi connectivity index (χ0v) is 17.2. The highest BCUT2D eigenvalue weighted by atomic mass is 32.1. The number of carbonyl (C=O) groups excluding carboxylic acids is 1. The Morgan fingerprint density at radius 1 is 1.18 bits per heavy atom. The molecule has 0 radical (unpaired) electrons. The molecule has 4 rings (SSSR count). The molecule has 3 aromatic rings. The fourth-order valence-electron chi connectivity index (χ4n) is 3.51. The third-order valence-corrected chi connectivity index (χ3v) is 5.91. The van der Waals surface area contributed by atoms with Crippen molar-refractivity contribution in [1.29, 1.82) is 0 Å². The SMILES string of the molecule is Cc1cc(C)n(-c2ccc(=O)n(CC3CN(C(=O)c4sc(C)nc4C)C3)n2)n1. The lowest BCUT2D eigenvalue weighted by atomic mass is 10.00. The van der Waals surface area contributed by atoms with Gasteiger partial charge in [0.25, 0.3) is 11.5 Å². The molecule has 0 atom stereocenters. The van der Waals surface area contributed by atoms with Crippen molar-refractivity contribution in [3.05, 3.63) is 55.5 Å². The lowest BCUT2D eigenvalue weighted by Gasteiger charge is -2.39. The molecule has 1 amide bonds. The van der Waals surface area contributed by atoms with Crippen molar-refractivity contribution in [2.45, 2.75) is 34.2 Å². The zero-order chi connectivity index (χ0) is 20.0. The number of likely N-dealkylation sites (tertiary alicyclic amines) is 1. The Bertz CT molecular complexity index is 1110. The first-order chi connectivity index (χ1) is 13.3. The van der Waals surface area contributed by atoms with Crippen molar-refractivity contribution < 1.29 is 4.79 Å². The molecule has 146 valence electrons. The summed E-state index contributed by atoms with van der Waals surface area (Å²) < 4.78 is 3.21. The van der Waals surface area contributed by atoms with Crippen LogP contribution in [0.4, 0.5) is 0 Å². The van der Waals surface area contributed by atoms with Crippen LogP contribution in [0.3, 0.4) is 0 Å². The lowest BCUT2D eigenvalue weighted by Crippen LogP contribution is -2.52. The van der Waals surface area contributed by atoms with Crippen LogP contribution < -0.4 is 5.56 Å². The number of aryl methyl sites for hydroxylation is 4. The van der Waals surface area contributed by atoms with Crippen molar-refractivity contribution in [1.82, 2.24) is 29.4 Å². The Labute approximate surface area is 166 Å².